The van der Waals surface area contributed by atoms with Gasteiger partial charge in [0.05, 0.1) is 22.9 Å². The number of halogens is 1. The molecule has 114 valence electrons. The maximum Gasteiger partial charge on any atom is 0.240 e. The van der Waals surface area contributed by atoms with Gasteiger partial charge in [-0.3, -0.25) is 0 Å². The van der Waals surface area contributed by atoms with Crippen LogP contribution in [0.15, 0.2) is 41.4 Å². The van der Waals surface area contributed by atoms with E-state index in [0.29, 0.717) is 34.4 Å². The molecule has 0 spiro atoms. The van der Waals surface area contributed by atoms with Crippen molar-refractivity contribution in [2.24, 2.45) is 4.99 Å². The largest absolute Gasteiger partial charge is 0.493 e. The normalized spacial score (nSPS) is 9.95. The number of hydrogen-bond donors (Lipinski definition) is 0. The van der Waals surface area contributed by atoms with Crippen molar-refractivity contribution in [3.63, 3.8) is 0 Å². The van der Waals surface area contributed by atoms with Gasteiger partial charge in [-0.1, -0.05) is 23.7 Å². The first-order chi connectivity index (χ1) is 10.7. The van der Waals surface area contributed by atoms with Crippen LogP contribution in [0.25, 0.3) is 0 Å². The summed E-state index contributed by atoms with van der Waals surface area (Å²) < 4.78 is 11.3. The van der Waals surface area contributed by atoms with Crippen molar-refractivity contribution in [3.8, 4) is 11.5 Å². The Morgan fingerprint density at radius 2 is 2.00 bits per heavy atom. The van der Waals surface area contributed by atoms with Crippen LogP contribution in [0.3, 0.4) is 0 Å². The Hall–Kier alpha value is -2.29. The molecule has 0 aliphatic carbocycles. The lowest BCUT2D eigenvalue weighted by Crippen LogP contribution is -2.02. The molecule has 0 radical (unpaired) electrons. The van der Waals surface area contributed by atoms with Crippen molar-refractivity contribution in [2.75, 3.05) is 6.61 Å². The van der Waals surface area contributed by atoms with Gasteiger partial charge in [0.1, 0.15) is 18.1 Å². The number of aryl methyl sites for hydroxylation is 1. The molecular formula is C17H16ClNO3. The standard InChI is InChI=1S/C17H16ClNO3/c1-3-21-16-6-4-5-15(19-11-20)13(16)10-22-17-8-7-12(2)9-14(17)18/h4-9H,3,10H2,1-2H3. The number of carbonyl (C=O) groups excluding carboxylic acids is 1. The molecule has 0 saturated heterocycles. The van der Waals surface area contributed by atoms with Gasteiger partial charge >= 0.3 is 0 Å². The highest BCUT2D eigenvalue weighted by atomic mass is 35.5. The lowest BCUT2D eigenvalue weighted by Gasteiger charge is -2.14. The fourth-order valence-electron chi connectivity index (χ4n) is 2.02. The average molecular weight is 318 g/mol. The molecule has 2 rings (SSSR count). The van der Waals surface area contributed by atoms with E-state index in [0.717, 1.165) is 5.56 Å². The molecule has 0 saturated carbocycles. The summed E-state index contributed by atoms with van der Waals surface area (Å²) in [5, 5.41) is 0.536. The summed E-state index contributed by atoms with van der Waals surface area (Å²) in [6, 6.07) is 10.8. The molecule has 22 heavy (non-hydrogen) atoms. The van der Waals surface area contributed by atoms with Crippen LogP contribution < -0.4 is 9.47 Å². The first-order valence-electron chi connectivity index (χ1n) is 6.87. The van der Waals surface area contributed by atoms with E-state index in [1.807, 2.05) is 38.1 Å². The molecule has 0 aromatic heterocycles. The van der Waals surface area contributed by atoms with Crippen LogP contribution in [-0.2, 0) is 11.4 Å². The summed E-state index contributed by atoms with van der Waals surface area (Å²) in [4.78, 5) is 14.3. The fraction of sp³-hybridized carbons (Fsp3) is 0.235. The Kier molecular flexibility index (Phi) is 5.59. The lowest BCUT2D eigenvalue weighted by molar-refractivity contribution is 0.287. The van der Waals surface area contributed by atoms with E-state index in [9.17, 15) is 4.79 Å². The summed E-state index contributed by atoms with van der Waals surface area (Å²) in [6.45, 7) is 4.54. The number of isocyanates is 1. The molecule has 0 bridgehead atoms. The highest BCUT2D eigenvalue weighted by Gasteiger charge is 2.11. The zero-order chi connectivity index (χ0) is 15.9. The highest BCUT2D eigenvalue weighted by molar-refractivity contribution is 6.32. The van der Waals surface area contributed by atoms with Crippen molar-refractivity contribution < 1.29 is 14.3 Å². The van der Waals surface area contributed by atoms with Crippen LogP contribution >= 0.6 is 11.6 Å². The van der Waals surface area contributed by atoms with E-state index < -0.39 is 0 Å². The zero-order valence-electron chi connectivity index (χ0n) is 12.4. The number of ether oxygens (including phenoxy) is 2. The third-order valence-electron chi connectivity index (χ3n) is 3.03. The summed E-state index contributed by atoms with van der Waals surface area (Å²) in [6.07, 6.45) is 1.55. The Labute approximate surface area is 134 Å². The fourth-order valence-corrected chi connectivity index (χ4v) is 2.31. The van der Waals surface area contributed by atoms with Crippen LogP contribution in [-0.4, -0.2) is 12.7 Å². The Morgan fingerprint density at radius 3 is 2.68 bits per heavy atom. The molecule has 0 atom stereocenters. The molecule has 0 amide bonds. The summed E-state index contributed by atoms with van der Waals surface area (Å²) in [5.41, 5.74) is 2.21. The molecule has 0 fully saturated rings. The van der Waals surface area contributed by atoms with E-state index in [4.69, 9.17) is 21.1 Å². The van der Waals surface area contributed by atoms with E-state index in [1.165, 1.54) is 0 Å². The maximum absolute atomic E-state index is 10.6. The summed E-state index contributed by atoms with van der Waals surface area (Å²) >= 11 is 6.16. The average Bonchev–Trinajstić information content (AvgIpc) is 2.49. The molecule has 5 heteroatoms. The quantitative estimate of drug-likeness (QED) is 0.578. The number of rotatable bonds is 6. The predicted molar refractivity (Wildman–Crippen MR) is 85.9 cm³/mol. The van der Waals surface area contributed by atoms with Gasteiger partial charge in [-0.15, -0.1) is 0 Å². The van der Waals surface area contributed by atoms with Gasteiger partial charge < -0.3 is 9.47 Å². The van der Waals surface area contributed by atoms with Gasteiger partial charge in [-0.05, 0) is 43.7 Å². The topological polar surface area (TPSA) is 47.9 Å². The Balaban J connectivity index is 2.29. The zero-order valence-corrected chi connectivity index (χ0v) is 13.2. The summed E-state index contributed by atoms with van der Waals surface area (Å²) in [5.74, 6) is 1.20. The molecular weight excluding hydrogens is 302 g/mol. The van der Waals surface area contributed by atoms with E-state index in [2.05, 4.69) is 4.99 Å². The molecule has 2 aromatic rings. The van der Waals surface area contributed by atoms with E-state index >= 15 is 0 Å². The minimum Gasteiger partial charge on any atom is -0.493 e. The molecule has 0 aliphatic heterocycles. The second-order valence-corrected chi connectivity index (χ2v) is 5.02. The smallest absolute Gasteiger partial charge is 0.240 e. The minimum absolute atomic E-state index is 0.194. The predicted octanol–water partition coefficient (Wildman–Crippen LogP) is 4.59. The lowest BCUT2D eigenvalue weighted by atomic mass is 10.1. The van der Waals surface area contributed by atoms with Gasteiger partial charge in [0.25, 0.3) is 0 Å². The maximum atomic E-state index is 10.6. The second-order valence-electron chi connectivity index (χ2n) is 4.61. The van der Waals surface area contributed by atoms with Crippen LogP contribution in [0, 0.1) is 6.92 Å². The minimum atomic E-state index is 0.194. The van der Waals surface area contributed by atoms with Crippen LogP contribution in [0.2, 0.25) is 5.02 Å². The monoisotopic (exact) mass is 317 g/mol. The molecule has 0 heterocycles. The molecule has 0 aliphatic rings. The van der Waals surface area contributed by atoms with Gasteiger partial charge in [-0.2, -0.15) is 4.99 Å². The molecule has 4 nitrogen and oxygen atoms in total. The van der Waals surface area contributed by atoms with E-state index in [1.54, 1.807) is 18.2 Å². The van der Waals surface area contributed by atoms with Gasteiger partial charge in [0.2, 0.25) is 6.08 Å². The molecule has 0 unspecified atom stereocenters. The van der Waals surface area contributed by atoms with Crippen molar-refractivity contribution in [2.45, 2.75) is 20.5 Å². The van der Waals surface area contributed by atoms with Crippen molar-refractivity contribution in [3.05, 3.63) is 52.5 Å². The van der Waals surface area contributed by atoms with Crippen molar-refractivity contribution >= 4 is 23.4 Å². The summed E-state index contributed by atoms with van der Waals surface area (Å²) in [7, 11) is 0. The van der Waals surface area contributed by atoms with Crippen LogP contribution in [0.1, 0.15) is 18.1 Å². The first-order valence-corrected chi connectivity index (χ1v) is 7.25. The number of benzene rings is 2. The number of aliphatic imine (C=N–C) groups is 1. The SMILES string of the molecule is CCOc1cccc(N=C=O)c1COc1ccc(C)cc1Cl. The number of nitrogens with zero attached hydrogens (tertiary/aromatic N) is 1. The second kappa shape index (κ2) is 7.64. The van der Waals surface area contributed by atoms with Crippen LogP contribution in [0.4, 0.5) is 5.69 Å². The van der Waals surface area contributed by atoms with E-state index in [-0.39, 0.29) is 6.61 Å². The molecule has 2 aromatic carbocycles. The number of hydrogen-bond acceptors (Lipinski definition) is 4. The third kappa shape index (κ3) is 3.88. The van der Waals surface area contributed by atoms with Crippen molar-refractivity contribution in [1.29, 1.82) is 0 Å². The molecule has 0 N–H and O–H groups in total. The Morgan fingerprint density at radius 1 is 1.18 bits per heavy atom. The third-order valence-corrected chi connectivity index (χ3v) is 3.33. The Bertz CT molecular complexity index is 709. The first kappa shape index (κ1) is 16.1. The van der Waals surface area contributed by atoms with Crippen LogP contribution in [0.5, 0.6) is 11.5 Å². The van der Waals surface area contributed by atoms with Gasteiger partial charge in [-0.25, -0.2) is 4.79 Å². The highest BCUT2D eigenvalue weighted by Crippen LogP contribution is 2.32. The van der Waals surface area contributed by atoms with Gasteiger partial charge in [0.15, 0.2) is 0 Å². The van der Waals surface area contributed by atoms with Crippen molar-refractivity contribution in [1.82, 2.24) is 0 Å². The van der Waals surface area contributed by atoms with Gasteiger partial charge in [0, 0.05) is 0 Å².